The van der Waals surface area contributed by atoms with Crippen molar-refractivity contribution < 1.29 is 14.9 Å². The van der Waals surface area contributed by atoms with Crippen LogP contribution in [0.1, 0.15) is 24.0 Å². The van der Waals surface area contributed by atoms with E-state index < -0.39 is 6.10 Å². The van der Waals surface area contributed by atoms with Crippen molar-refractivity contribution in [2.24, 2.45) is 0 Å². The van der Waals surface area contributed by atoms with Crippen molar-refractivity contribution in [2.45, 2.75) is 37.0 Å². The molecular weight excluding hydrogens is 254 g/mol. The lowest BCUT2D eigenvalue weighted by molar-refractivity contribution is 0.0822. The molecule has 3 atom stereocenters. The zero-order valence-electron chi connectivity index (χ0n) is 11.5. The molecule has 0 saturated carbocycles. The van der Waals surface area contributed by atoms with Crippen molar-refractivity contribution in [1.29, 1.82) is 0 Å². The van der Waals surface area contributed by atoms with E-state index in [2.05, 4.69) is 18.0 Å². The van der Waals surface area contributed by atoms with E-state index in [4.69, 9.17) is 4.74 Å². The molecule has 3 aliphatic rings. The molecule has 20 heavy (non-hydrogen) atoms. The van der Waals surface area contributed by atoms with Crippen molar-refractivity contribution >= 4 is 0 Å². The predicted octanol–water partition coefficient (Wildman–Crippen LogP) is 1.55. The molecule has 0 bridgehead atoms. The van der Waals surface area contributed by atoms with Gasteiger partial charge in [-0.2, -0.15) is 0 Å². The van der Waals surface area contributed by atoms with Gasteiger partial charge >= 0.3 is 0 Å². The summed E-state index contributed by atoms with van der Waals surface area (Å²) in [7, 11) is 2.12. The van der Waals surface area contributed by atoms with Gasteiger partial charge in [-0.15, -0.1) is 0 Å². The van der Waals surface area contributed by atoms with Gasteiger partial charge in [0, 0.05) is 18.5 Å². The Bertz CT molecular complexity index is 598. The highest BCUT2D eigenvalue weighted by Crippen LogP contribution is 2.55. The first kappa shape index (κ1) is 12.2. The molecule has 0 aromatic heterocycles. The van der Waals surface area contributed by atoms with Gasteiger partial charge < -0.3 is 19.8 Å². The van der Waals surface area contributed by atoms with E-state index in [-0.39, 0.29) is 17.3 Å². The summed E-state index contributed by atoms with van der Waals surface area (Å²) in [6.07, 6.45) is 5.02. The van der Waals surface area contributed by atoms with E-state index in [1.165, 1.54) is 5.56 Å². The van der Waals surface area contributed by atoms with Crippen LogP contribution in [0.15, 0.2) is 24.3 Å². The minimum absolute atomic E-state index is 0.0731. The quantitative estimate of drug-likeness (QED) is 0.704. The van der Waals surface area contributed by atoms with Crippen molar-refractivity contribution in [3.8, 4) is 11.5 Å². The standard InChI is InChI=1S/C16H19NO3/c1-17-7-6-16-5-4-11(18)8-13(16)20-15-12(19)3-2-10(9-17)14(15)16/h2-5,11,13,18-19H,6-9H2,1H3/t11-,13?,16-/m0/s1. The Morgan fingerprint density at radius 3 is 3.10 bits per heavy atom. The highest BCUT2D eigenvalue weighted by molar-refractivity contribution is 5.60. The molecule has 2 N–H and O–H groups in total. The number of hydrogen-bond acceptors (Lipinski definition) is 4. The number of aromatic hydroxyl groups is 1. The predicted molar refractivity (Wildman–Crippen MR) is 74.9 cm³/mol. The van der Waals surface area contributed by atoms with Crippen molar-refractivity contribution in [2.75, 3.05) is 13.6 Å². The van der Waals surface area contributed by atoms with Gasteiger partial charge in [0.15, 0.2) is 11.5 Å². The third-order valence-electron chi connectivity index (χ3n) is 4.94. The van der Waals surface area contributed by atoms with Crippen molar-refractivity contribution in [3.63, 3.8) is 0 Å². The van der Waals surface area contributed by atoms with Crippen LogP contribution in [-0.2, 0) is 12.0 Å². The molecule has 0 radical (unpaired) electrons. The normalized spacial score (nSPS) is 35.1. The third kappa shape index (κ3) is 1.49. The average Bonchev–Trinajstić information content (AvgIpc) is 2.68. The van der Waals surface area contributed by atoms with E-state index in [9.17, 15) is 10.2 Å². The number of aliphatic hydroxyl groups is 1. The number of benzene rings is 1. The summed E-state index contributed by atoms with van der Waals surface area (Å²) in [6.45, 7) is 1.85. The SMILES string of the molecule is CN1CC[C@@]23C=C[C@H](O)CC2Oc2c(O)ccc(c23)C1. The summed E-state index contributed by atoms with van der Waals surface area (Å²) in [5, 5.41) is 20.0. The Morgan fingerprint density at radius 1 is 1.40 bits per heavy atom. The molecule has 1 spiro atoms. The molecule has 1 unspecified atom stereocenters. The fraction of sp³-hybridized carbons (Fsp3) is 0.500. The summed E-state index contributed by atoms with van der Waals surface area (Å²) in [5.41, 5.74) is 2.17. The molecule has 2 heterocycles. The van der Waals surface area contributed by atoms with E-state index in [1.54, 1.807) is 6.07 Å². The minimum atomic E-state index is -0.452. The minimum Gasteiger partial charge on any atom is -0.504 e. The van der Waals surface area contributed by atoms with Gasteiger partial charge in [-0.3, -0.25) is 0 Å². The van der Waals surface area contributed by atoms with Crippen LogP contribution in [0.2, 0.25) is 0 Å². The molecule has 1 aromatic rings. The van der Waals surface area contributed by atoms with Crippen LogP contribution in [0.25, 0.3) is 0 Å². The molecule has 2 aliphatic heterocycles. The molecular formula is C16H19NO3. The number of phenols is 1. The Morgan fingerprint density at radius 2 is 2.25 bits per heavy atom. The number of rotatable bonds is 0. The van der Waals surface area contributed by atoms with Gasteiger partial charge in [0.05, 0.1) is 11.5 Å². The van der Waals surface area contributed by atoms with Gasteiger partial charge in [0.25, 0.3) is 0 Å². The maximum absolute atomic E-state index is 10.1. The Kier molecular flexibility index (Phi) is 2.44. The largest absolute Gasteiger partial charge is 0.504 e. The van der Waals surface area contributed by atoms with Crippen LogP contribution >= 0.6 is 0 Å². The molecule has 0 amide bonds. The summed E-state index contributed by atoms with van der Waals surface area (Å²) in [6, 6.07) is 3.72. The Balaban J connectivity index is 1.96. The van der Waals surface area contributed by atoms with Crippen molar-refractivity contribution in [1.82, 2.24) is 4.90 Å². The van der Waals surface area contributed by atoms with Crippen molar-refractivity contribution in [3.05, 3.63) is 35.4 Å². The molecule has 1 aromatic carbocycles. The van der Waals surface area contributed by atoms with Crippen LogP contribution in [0, 0.1) is 0 Å². The zero-order valence-corrected chi connectivity index (χ0v) is 11.5. The Labute approximate surface area is 118 Å². The summed E-state index contributed by atoms with van der Waals surface area (Å²) in [4.78, 5) is 2.30. The first-order valence-corrected chi connectivity index (χ1v) is 7.18. The number of nitrogens with zero attached hydrogens (tertiary/aromatic N) is 1. The summed E-state index contributed by atoms with van der Waals surface area (Å²) < 4.78 is 6.04. The van der Waals surface area contributed by atoms with Gasteiger partial charge in [-0.05, 0) is 31.6 Å². The molecule has 1 aliphatic carbocycles. The smallest absolute Gasteiger partial charge is 0.165 e. The maximum atomic E-state index is 10.1. The third-order valence-corrected chi connectivity index (χ3v) is 4.94. The monoisotopic (exact) mass is 273 g/mol. The molecule has 0 fully saturated rings. The van der Waals surface area contributed by atoms with Gasteiger partial charge in [-0.25, -0.2) is 0 Å². The fourth-order valence-electron chi connectivity index (χ4n) is 3.93. The molecule has 0 saturated heterocycles. The zero-order chi connectivity index (χ0) is 13.9. The van der Waals surface area contributed by atoms with Gasteiger partial charge in [0.1, 0.15) is 6.10 Å². The molecule has 4 rings (SSSR count). The highest BCUT2D eigenvalue weighted by Gasteiger charge is 2.52. The van der Waals surface area contributed by atoms with Crippen LogP contribution in [-0.4, -0.2) is 40.9 Å². The second-order valence-corrected chi connectivity index (χ2v) is 6.24. The summed E-state index contributed by atoms with van der Waals surface area (Å²) in [5.74, 6) is 0.839. The fourth-order valence-corrected chi connectivity index (χ4v) is 3.93. The first-order valence-electron chi connectivity index (χ1n) is 7.18. The first-order chi connectivity index (χ1) is 9.60. The average molecular weight is 273 g/mol. The lowest BCUT2D eigenvalue weighted by Crippen LogP contribution is -2.42. The van der Waals surface area contributed by atoms with E-state index in [0.29, 0.717) is 12.2 Å². The van der Waals surface area contributed by atoms with E-state index in [0.717, 1.165) is 25.1 Å². The number of hydrogen-bond donors (Lipinski definition) is 2. The number of aliphatic hydroxyl groups excluding tert-OH is 1. The van der Waals surface area contributed by atoms with Crippen LogP contribution in [0.5, 0.6) is 11.5 Å². The lowest BCUT2D eigenvalue weighted by Gasteiger charge is -2.35. The highest BCUT2D eigenvalue weighted by atomic mass is 16.5. The van der Waals surface area contributed by atoms with Gasteiger partial charge in [0.2, 0.25) is 0 Å². The second-order valence-electron chi connectivity index (χ2n) is 6.24. The molecule has 4 nitrogen and oxygen atoms in total. The van der Waals surface area contributed by atoms with E-state index in [1.807, 2.05) is 12.1 Å². The number of ether oxygens (including phenoxy) is 1. The number of phenolic OH excluding ortho intramolecular Hbond substituents is 1. The Hall–Kier alpha value is -1.52. The second kappa shape index (κ2) is 3.99. The molecule has 4 heteroatoms. The van der Waals surface area contributed by atoms with Gasteiger partial charge in [-0.1, -0.05) is 18.2 Å². The molecule has 106 valence electrons. The lowest BCUT2D eigenvalue weighted by atomic mass is 9.69. The topological polar surface area (TPSA) is 52.9 Å². The van der Waals surface area contributed by atoms with Crippen LogP contribution in [0.3, 0.4) is 0 Å². The van der Waals surface area contributed by atoms with Crippen LogP contribution < -0.4 is 4.74 Å². The van der Waals surface area contributed by atoms with E-state index >= 15 is 0 Å². The maximum Gasteiger partial charge on any atom is 0.165 e. The summed E-state index contributed by atoms with van der Waals surface area (Å²) >= 11 is 0. The van der Waals surface area contributed by atoms with Crippen LogP contribution in [0.4, 0.5) is 0 Å².